The van der Waals surface area contributed by atoms with E-state index in [-0.39, 0.29) is 0 Å². The van der Waals surface area contributed by atoms with Crippen molar-refractivity contribution >= 4 is 11.3 Å². The van der Waals surface area contributed by atoms with Gasteiger partial charge in [0.05, 0.1) is 42.2 Å². The second-order valence-electron chi connectivity index (χ2n) is 4.17. The topological polar surface area (TPSA) is 55.1 Å². The maximum absolute atomic E-state index is 8.91. The van der Waals surface area contributed by atoms with Crippen LogP contribution in [0.3, 0.4) is 0 Å². The van der Waals surface area contributed by atoms with E-state index in [4.69, 9.17) is 14.7 Å². The van der Waals surface area contributed by atoms with E-state index >= 15 is 0 Å². The fourth-order valence-corrected chi connectivity index (χ4v) is 2.50. The second kappa shape index (κ2) is 7.75. The van der Waals surface area contributed by atoms with Crippen molar-refractivity contribution in [1.82, 2.24) is 4.98 Å². The Morgan fingerprint density at radius 3 is 3.00 bits per heavy atom. The molecule has 0 unspecified atom stereocenters. The number of benzene rings is 1. The lowest BCUT2D eigenvalue weighted by molar-refractivity contribution is 0.0722. The molecule has 104 valence electrons. The third-order valence-corrected chi connectivity index (χ3v) is 3.64. The van der Waals surface area contributed by atoms with Gasteiger partial charge in [-0.2, -0.15) is 5.26 Å². The molecule has 0 radical (unpaired) electrons. The molecule has 0 fully saturated rings. The third-order valence-electron chi connectivity index (χ3n) is 2.73. The Morgan fingerprint density at radius 2 is 2.20 bits per heavy atom. The van der Waals surface area contributed by atoms with E-state index in [9.17, 15) is 0 Å². The molecule has 1 heterocycles. The molecular weight excluding hydrogens is 272 g/mol. The van der Waals surface area contributed by atoms with E-state index in [2.05, 4.69) is 11.1 Å². The van der Waals surface area contributed by atoms with Crippen molar-refractivity contribution in [1.29, 1.82) is 5.26 Å². The highest BCUT2D eigenvalue weighted by atomic mass is 32.1. The van der Waals surface area contributed by atoms with Gasteiger partial charge in [0, 0.05) is 24.5 Å². The van der Waals surface area contributed by atoms with Crippen molar-refractivity contribution in [3.8, 4) is 17.3 Å². The summed E-state index contributed by atoms with van der Waals surface area (Å²) in [5.41, 5.74) is 2.55. The van der Waals surface area contributed by atoms with Gasteiger partial charge in [-0.25, -0.2) is 4.98 Å². The van der Waals surface area contributed by atoms with Crippen LogP contribution in [0, 0.1) is 11.3 Å². The molecule has 0 amide bonds. The number of hydrogen-bond acceptors (Lipinski definition) is 5. The average Bonchev–Trinajstić information content (AvgIpc) is 2.96. The summed E-state index contributed by atoms with van der Waals surface area (Å²) in [5, 5.41) is 12.0. The molecule has 0 saturated carbocycles. The maximum Gasteiger partial charge on any atom is 0.0991 e. The van der Waals surface area contributed by atoms with Crippen LogP contribution < -0.4 is 0 Å². The van der Waals surface area contributed by atoms with Crippen molar-refractivity contribution in [2.75, 3.05) is 26.9 Å². The van der Waals surface area contributed by atoms with Gasteiger partial charge in [-0.05, 0) is 12.1 Å². The van der Waals surface area contributed by atoms with Crippen LogP contribution in [-0.4, -0.2) is 31.9 Å². The number of thiazole rings is 1. The number of nitrogens with zero attached hydrogens (tertiary/aromatic N) is 2. The van der Waals surface area contributed by atoms with Crippen molar-refractivity contribution < 1.29 is 9.47 Å². The minimum absolute atomic E-state index is 0.610. The van der Waals surface area contributed by atoms with Crippen LogP contribution in [0.15, 0.2) is 29.6 Å². The Morgan fingerprint density at radius 1 is 1.30 bits per heavy atom. The minimum Gasteiger partial charge on any atom is -0.382 e. The number of hydrogen-bond donors (Lipinski definition) is 0. The number of aromatic nitrogens is 1. The zero-order chi connectivity index (χ0) is 14.2. The molecule has 0 atom stereocenters. The number of methoxy groups -OCH3 is 1. The van der Waals surface area contributed by atoms with Crippen LogP contribution in [0.5, 0.6) is 0 Å². The lowest BCUT2D eigenvalue weighted by Crippen LogP contribution is -2.04. The average molecular weight is 288 g/mol. The molecule has 1 aromatic heterocycles. The SMILES string of the molecule is COCCOCCc1nc(-c2cccc(C#N)c2)cs1. The third kappa shape index (κ3) is 4.14. The Hall–Kier alpha value is -1.74. The van der Waals surface area contributed by atoms with Crippen molar-refractivity contribution in [3.05, 3.63) is 40.2 Å². The van der Waals surface area contributed by atoms with E-state index in [1.165, 1.54) is 0 Å². The zero-order valence-electron chi connectivity index (χ0n) is 11.3. The molecule has 20 heavy (non-hydrogen) atoms. The molecular formula is C15H16N2O2S. The highest BCUT2D eigenvalue weighted by Crippen LogP contribution is 2.22. The zero-order valence-corrected chi connectivity index (χ0v) is 12.2. The van der Waals surface area contributed by atoms with Gasteiger partial charge in [0.1, 0.15) is 0 Å². The standard InChI is InChI=1S/C15H16N2O2S/c1-18-7-8-19-6-5-15-17-14(11-20-15)13-4-2-3-12(9-13)10-16/h2-4,9,11H,5-8H2,1H3. The summed E-state index contributed by atoms with van der Waals surface area (Å²) in [5.74, 6) is 0. The smallest absolute Gasteiger partial charge is 0.0991 e. The van der Waals surface area contributed by atoms with Crippen LogP contribution in [0.1, 0.15) is 10.6 Å². The summed E-state index contributed by atoms with van der Waals surface area (Å²) in [6.07, 6.45) is 0.798. The largest absolute Gasteiger partial charge is 0.382 e. The highest BCUT2D eigenvalue weighted by Gasteiger charge is 2.05. The van der Waals surface area contributed by atoms with Crippen molar-refractivity contribution in [2.24, 2.45) is 0 Å². The first-order chi connectivity index (χ1) is 9.83. The summed E-state index contributed by atoms with van der Waals surface area (Å²) < 4.78 is 10.3. The predicted octanol–water partition coefficient (Wildman–Crippen LogP) is 2.89. The van der Waals surface area contributed by atoms with Gasteiger partial charge in [-0.1, -0.05) is 12.1 Å². The Balaban J connectivity index is 1.93. The molecule has 4 nitrogen and oxygen atoms in total. The normalized spacial score (nSPS) is 10.4. The van der Waals surface area contributed by atoms with E-state index in [0.717, 1.165) is 22.7 Å². The van der Waals surface area contributed by atoms with Crippen LogP contribution in [-0.2, 0) is 15.9 Å². The molecule has 0 aliphatic heterocycles. The number of ether oxygens (including phenoxy) is 2. The van der Waals surface area contributed by atoms with Gasteiger partial charge in [0.2, 0.25) is 0 Å². The van der Waals surface area contributed by atoms with Crippen molar-refractivity contribution in [2.45, 2.75) is 6.42 Å². The first kappa shape index (κ1) is 14.7. The van der Waals surface area contributed by atoms with E-state index in [0.29, 0.717) is 25.4 Å². The van der Waals surface area contributed by atoms with Gasteiger partial charge in [-0.15, -0.1) is 11.3 Å². The first-order valence-electron chi connectivity index (χ1n) is 6.35. The Kier molecular flexibility index (Phi) is 5.69. The number of rotatable bonds is 7. The van der Waals surface area contributed by atoms with Gasteiger partial charge in [-0.3, -0.25) is 0 Å². The molecule has 5 heteroatoms. The first-order valence-corrected chi connectivity index (χ1v) is 7.23. The van der Waals surface area contributed by atoms with Gasteiger partial charge < -0.3 is 9.47 Å². The van der Waals surface area contributed by atoms with Crippen LogP contribution in [0.25, 0.3) is 11.3 Å². The predicted molar refractivity (Wildman–Crippen MR) is 78.7 cm³/mol. The molecule has 0 N–H and O–H groups in total. The monoisotopic (exact) mass is 288 g/mol. The van der Waals surface area contributed by atoms with Gasteiger partial charge in [0.15, 0.2) is 0 Å². The summed E-state index contributed by atoms with van der Waals surface area (Å²) in [6, 6.07) is 9.63. The summed E-state index contributed by atoms with van der Waals surface area (Å²) >= 11 is 1.62. The fourth-order valence-electron chi connectivity index (χ4n) is 1.71. The molecule has 0 bridgehead atoms. The highest BCUT2D eigenvalue weighted by molar-refractivity contribution is 7.09. The fraction of sp³-hybridized carbons (Fsp3) is 0.333. The molecule has 2 rings (SSSR count). The molecule has 0 saturated heterocycles. The van der Waals surface area contributed by atoms with Crippen LogP contribution >= 0.6 is 11.3 Å². The lowest BCUT2D eigenvalue weighted by Gasteiger charge is -2.01. The summed E-state index contributed by atoms with van der Waals surface area (Å²) in [4.78, 5) is 4.57. The molecule has 0 aliphatic carbocycles. The molecule has 1 aromatic carbocycles. The molecule has 0 spiro atoms. The van der Waals surface area contributed by atoms with Crippen molar-refractivity contribution in [3.63, 3.8) is 0 Å². The van der Waals surface area contributed by atoms with E-state index < -0.39 is 0 Å². The summed E-state index contributed by atoms with van der Waals surface area (Å²) in [7, 11) is 1.66. The maximum atomic E-state index is 8.91. The van der Waals surface area contributed by atoms with Gasteiger partial charge in [0.25, 0.3) is 0 Å². The quantitative estimate of drug-likeness (QED) is 0.735. The van der Waals surface area contributed by atoms with E-state index in [1.54, 1.807) is 24.5 Å². The van der Waals surface area contributed by atoms with Crippen LogP contribution in [0.2, 0.25) is 0 Å². The second-order valence-corrected chi connectivity index (χ2v) is 5.12. The Bertz CT molecular complexity index is 590. The lowest BCUT2D eigenvalue weighted by atomic mass is 10.1. The molecule has 2 aromatic rings. The van der Waals surface area contributed by atoms with Crippen LogP contribution in [0.4, 0.5) is 0 Å². The molecule has 0 aliphatic rings. The summed E-state index contributed by atoms with van der Waals surface area (Å²) in [6.45, 7) is 1.87. The van der Waals surface area contributed by atoms with Gasteiger partial charge >= 0.3 is 0 Å². The number of nitriles is 1. The minimum atomic E-state index is 0.610. The van der Waals surface area contributed by atoms with E-state index in [1.807, 2.05) is 23.6 Å². The Labute approximate surface area is 122 Å².